The molecule has 0 spiro atoms. The fourth-order valence-corrected chi connectivity index (χ4v) is 7.51. The molecule has 1 aromatic carbocycles. The van der Waals surface area contributed by atoms with Crippen molar-refractivity contribution in [3.63, 3.8) is 0 Å². The fraction of sp³-hybridized carbons (Fsp3) is 0.625. The molecule has 296 valence electrons. The number of fused-ring (bicyclic) bond motifs is 3. The van der Waals surface area contributed by atoms with Crippen LogP contribution in [0.4, 0.5) is 4.79 Å². The lowest BCUT2D eigenvalue weighted by Crippen LogP contribution is -2.58. The van der Waals surface area contributed by atoms with Gasteiger partial charge in [0, 0.05) is 20.6 Å². The van der Waals surface area contributed by atoms with Gasteiger partial charge in [0.25, 0.3) is 5.91 Å². The molecule has 3 aliphatic rings. The number of nitrogens with one attached hydrogen (secondary N) is 4. The average Bonchev–Trinajstić information content (AvgIpc) is 3.41. The van der Waals surface area contributed by atoms with E-state index in [-0.39, 0.29) is 29.6 Å². The van der Waals surface area contributed by atoms with Gasteiger partial charge in [0.2, 0.25) is 29.4 Å². The first-order chi connectivity index (χ1) is 25.4. The molecule has 2 fully saturated rings. The lowest BCUT2D eigenvalue weighted by Gasteiger charge is -2.34. The first-order valence-electron chi connectivity index (χ1n) is 19.0. The van der Waals surface area contributed by atoms with Crippen molar-refractivity contribution in [2.75, 3.05) is 27.2 Å². The van der Waals surface area contributed by atoms with Crippen LogP contribution in [-0.4, -0.2) is 102 Å². The number of benzene rings is 1. The van der Waals surface area contributed by atoms with Crippen LogP contribution in [0.1, 0.15) is 97.6 Å². The van der Waals surface area contributed by atoms with Crippen molar-refractivity contribution in [2.45, 2.75) is 116 Å². The van der Waals surface area contributed by atoms with Crippen LogP contribution in [0.5, 0.6) is 0 Å². The highest BCUT2D eigenvalue weighted by Crippen LogP contribution is 2.65. The largest absolute Gasteiger partial charge is 0.444 e. The molecule has 0 aromatic heterocycles. The minimum atomic E-state index is -1.21. The van der Waals surface area contributed by atoms with Crippen molar-refractivity contribution >= 4 is 41.4 Å². The molecule has 2 heterocycles. The van der Waals surface area contributed by atoms with E-state index in [1.165, 1.54) is 9.80 Å². The minimum Gasteiger partial charge on any atom is -0.444 e. The monoisotopic (exact) mass is 750 g/mol. The number of allylic oxidation sites excluding steroid dienone is 2. The van der Waals surface area contributed by atoms with Crippen LogP contribution in [-0.2, 0) is 33.5 Å². The molecule has 6 amide bonds. The number of Topliss-reactive ketones (excluding diaryl/α,β-unsaturated/α-hetero) is 1. The number of ether oxygens (including phenoxy) is 1. The number of rotatable bonds is 8. The van der Waals surface area contributed by atoms with Gasteiger partial charge in [-0.15, -0.1) is 0 Å². The molecule has 14 nitrogen and oxygen atoms in total. The molecule has 0 radical (unpaired) electrons. The van der Waals surface area contributed by atoms with Gasteiger partial charge >= 0.3 is 6.09 Å². The van der Waals surface area contributed by atoms with Gasteiger partial charge < -0.3 is 35.8 Å². The smallest absolute Gasteiger partial charge is 0.408 e. The highest BCUT2D eigenvalue weighted by atomic mass is 16.6. The van der Waals surface area contributed by atoms with E-state index in [9.17, 15) is 33.6 Å². The molecule has 4 N–H and O–H groups in total. The third-order valence-electron chi connectivity index (χ3n) is 10.5. The number of hydrogen-bond acceptors (Lipinski definition) is 8. The third-order valence-corrected chi connectivity index (χ3v) is 10.5. The molecule has 0 bridgehead atoms. The Kier molecular flexibility index (Phi) is 14.0. The second-order valence-electron chi connectivity index (χ2n) is 16.4. The average molecular weight is 751 g/mol. The number of hydrogen-bond donors (Lipinski definition) is 4. The second kappa shape index (κ2) is 18.1. The second-order valence-corrected chi connectivity index (χ2v) is 16.4. The summed E-state index contributed by atoms with van der Waals surface area (Å²) < 4.78 is 5.47. The summed E-state index contributed by atoms with van der Waals surface area (Å²) in [4.78, 5) is 96.8. The van der Waals surface area contributed by atoms with E-state index >= 15 is 0 Å². The number of likely N-dealkylation sites (N-methyl/N-ethyl adjacent to an activating group) is 1. The Balaban J connectivity index is 1.51. The van der Waals surface area contributed by atoms with E-state index in [1.807, 2.05) is 13.8 Å². The van der Waals surface area contributed by atoms with Crippen LogP contribution < -0.4 is 21.3 Å². The zero-order chi connectivity index (χ0) is 39.8. The summed E-state index contributed by atoms with van der Waals surface area (Å²) >= 11 is 0. The van der Waals surface area contributed by atoms with E-state index in [2.05, 4.69) is 33.4 Å². The van der Waals surface area contributed by atoms with E-state index in [0.29, 0.717) is 37.8 Å². The molecule has 54 heavy (non-hydrogen) atoms. The first kappa shape index (κ1) is 42.0. The zero-order valence-corrected chi connectivity index (χ0v) is 32.7. The predicted molar refractivity (Wildman–Crippen MR) is 201 cm³/mol. The molecule has 1 saturated carbocycles. The van der Waals surface area contributed by atoms with Gasteiger partial charge in [-0.3, -0.25) is 28.8 Å². The number of carbonyl (C=O) groups excluding carboxylic acids is 7. The van der Waals surface area contributed by atoms with E-state index in [4.69, 9.17) is 4.74 Å². The number of alkyl carbamates (subject to hydrolysis) is 1. The van der Waals surface area contributed by atoms with Crippen molar-refractivity contribution in [2.24, 2.45) is 17.3 Å². The molecule has 6 atom stereocenters. The van der Waals surface area contributed by atoms with E-state index < -0.39 is 71.8 Å². The van der Waals surface area contributed by atoms with Gasteiger partial charge in [-0.1, -0.05) is 69.2 Å². The maximum atomic E-state index is 14.2. The maximum absolute atomic E-state index is 14.2. The third kappa shape index (κ3) is 10.9. The number of nitrogens with zero attached hydrogens (tertiary/aromatic N) is 2. The maximum Gasteiger partial charge on any atom is 0.408 e. The molecule has 1 aliphatic carbocycles. The summed E-state index contributed by atoms with van der Waals surface area (Å²) in [6, 6.07) is 4.63. The molecule has 0 unspecified atom stereocenters. The summed E-state index contributed by atoms with van der Waals surface area (Å²) in [7, 11) is 3.13. The Hall–Kier alpha value is -4.75. The Morgan fingerprint density at radius 1 is 0.963 bits per heavy atom. The van der Waals surface area contributed by atoms with E-state index in [1.54, 1.807) is 65.2 Å². The summed E-state index contributed by atoms with van der Waals surface area (Å²) in [6.45, 7) is 9.04. The first-order valence-corrected chi connectivity index (χ1v) is 19.0. The zero-order valence-electron chi connectivity index (χ0n) is 32.7. The summed E-state index contributed by atoms with van der Waals surface area (Å²) in [5.41, 5.74) is -0.449. The highest BCUT2D eigenvalue weighted by molar-refractivity contribution is 6.38. The van der Waals surface area contributed by atoms with Crippen molar-refractivity contribution < 1.29 is 38.3 Å². The van der Waals surface area contributed by atoms with Crippen LogP contribution in [0.3, 0.4) is 0 Å². The molecular formula is C40H58N6O8. The fourth-order valence-electron chi connectivity index (χ4n) is 7.51. The number of carbonyl (C=O) groups is 7. The minimum absolute atomic E-state index is 0.0464. The molecule has 14 heteroatoms. The summed E-state index contributed by atoms with van der Waals surface area (Å²) in [6.07, 6.45) is 8.20. The standard InChI is InChI=1S/C40H58N6O8/c1-39(2,3)54-38(53)43-28-22-18-13-11-9-8-10-12-17-21-27(42-34(49)32-30-26(40(30,4)5)24-46(32)36(28)51)33(48)35(50)41-23-29(47)44-31(37(52)45(6)7)25-19-15-14-16-20-25/h8-9,14-16,19-20,26-28,30-32H,10-13,17-18,21-24H2,1-7H3,(H,41,50)(H,42,49)(H,43,53)(H,44,47)/t26-,27-,28-,30-,31-,32-/m0/s1. The Bertz CT molecular complexity index is 1590. The topological polar surface area (TPSA) is 183 Å². The van der Waals surface area contributed by atoms with Gasteiger partial charge in [-0.2, -0.15) is 0 Å². The predicted octanol–water partition coefficient (Wildman–Crippen LogP) is 3.17. The van der Waals surface area contributed by atoms with Crippen molar-refractivity contribution in [3.05, 3.63) is 48.0 Å². The Morgan fingerprint density at radius 2 is 1.59 bits per heavy atom. The van der Waals surface area contributed by atoms with Crippen LogP contribution in [0.25, 0.3) is 0 Å². The van der Waals surface area contributed by atoms with Crippen molar-refractivity contribution in [1.29, 1.82) is 0 Å². The molecule has 1 saturated heterocycles. The summed E-state index contributed by atoms with van der Waals surface area (Å²) in [5.74, 6) is -4.08. The van der Waals surface area contributed by atoms with Crippen LogP contribution in [0.2, 0.25) is 0 Å². The lowest BCUT2D eigenvalue weighted by atomic mass is 9.97. The molecule has 1 aromatic rings. The van der Waals surface area contributed by atoms with Crippen molar-refractivity contribution in [1.82, 2.24) is 31.1 Å². The van der Waals surface area contributed by atoms with Gasteiger partial charge in [0.05, 0.1) is 12.6 Å². The lowest BCUT2D eigenvalue weighted by molar-refractivity contribution is -0.144. The van der Waals surface area contributed by atoms with Crippen LogP contribution in [0.15, 0.2) is 42.5 Å². The quantitative estimate of drug-likeness (QED) is 0.231. The van der Waals surface area contributed by atoms with E-state index in [0.717, 1.165) is 19.3 Å². The molecule has 4 rings (SSSR count). The van der Waals surface area contributed by atoms with Gasteiger partial charge in [0.15, 0.2) is 0 Å². The number of piperidine rings is 1. The number of amides is 6. The molecular weight excluding hydrogens is 692 g/mol. The normalized spacial score (nSPS) is 25.1. The van der Waals surface area contributed by atoms with Gasteiger partial charge in [-0.05, 0) is 82.1 Å². The summed E-state index contributed by atoms with van der Waals surface area (Å²) in [5, 5.41) is 10.6. The van der Waals surface area contributed by atoms with Gasteiger partial charge in [-0.25, -0.2) is 4.79 Å². The SMILES string of the molecule is CN(C)C(=O)[C@@H](NC(=O)CNC(=O)C(=O)[C@@H]1CCCCC=CCCCC[C@H](NC(=O)OC(C)(C)C)C(=O)N2C[C@H]3[C@@H]([C@H]2C(=O)N1)C3(C)C)c1ccccc1. The van der Waals surface area contributed by atoms with Gasteiger partial charge in [0.1, 0.15) is 23.7 Å². The van der Waals surface area contributed by atoms with Crippen LogP contribution in [0, 0.1) is 17.3 Å². The Labute approximate surface area is 318 Å². The number of ketones is 1. The van der Waals surface area contributed by atoms with Crippen molar-refractivity contribution in [3.8, 4) is 0 Å². The van der Waals surface area contributed by atoms with Crippen LogP contribution >= 0.6 is 0 Å². The molecule has 2 aliphatic heterocycles. The highest BCUT2D eigenvalue weighted by Gasteiger charge is 2.69. The Morgan fingerprint density at radius 3 is 2.20 bits per heavy atom.